The Morgan fingerprint density at radius 3 is 2.53 bits per heavy atom. The van der Waals surface area contributed by atoms with Crippen LogP contribution in [0.15, 0.2) is 69.6 Å². The summed E-state index contributed by atoms with van der Waals surface area (Å²) in [6.45, 7) is 4.83. The van der Waals surface area contributed by atoms with Gasteiger partial charge in [-0.25, -0.2) is 14.2 Å². The first-order chi connectivity index (χ1) is 16.3. The molecule has 1 atom stereocenters. The quantitative estimate of drug-likeness (QED) is 0.414. The van der Waals surface area contributed by atoms with E-state index in [1.807, 2.05) is 0 Å². The third kappa shape index (κ3) is 4.47. The second-order valence-corrected chi connectivity index (χ2v) is 8.50. The molecule has 0 radical (unpaired) electrons. The van der Waals surface area contributed by atoms with Crippen molar-refractivity contribution in [1.82, 2.24) is 4.57 Å². The van der Waals surface area contributed by atoms with Gasteiger partial charge in [0.1, 0.15) is 11.6 Å². The minimum Gasteiger partial charge on any atom is -0.463 e. The van der Waals surface area contributed by atoms with Crippen LogP contribution in [0.2, 0.25) is 0 Å². The van der Waals surface area contributed by atoms with E-state index >= 15 is 0 Å². The highest BCUT2D eigenvalue weighted by atomic mass is 32.1. The molecule has 0 spiro atoms. The van der Waals surface area contributed by atoms with Crippen molar-refractivity contribution in [1.29, 1.82) is 0 Å². The van der Waals surface area contributed by atoms with Crippen LogP contribution in [0.1, 0.15) is 37.9 Å². The van der Waals surface area contributed by atoms with Crippen LogP contribution in [0.5, 0.6) is 5.75 Å². The lowest BCUT2D eigenvalue weighted by atomic mass is 9.96. The molecule has 4 rings (SSSR count). The lowest BCUT2D eigenvalue weighted by Crippen LogP contribution is -2.39. The Labute approximate surface area is 198 Å². The van der Waals surface area contributed by atoms with Crippen LogP contribution in [-0.2, 0) is 14.3 Å². The molecule has 0 N–H and O–H groups in total. The lowest BCUT2D eigenvalue weighted by molar-refractivity contribution is -0.139. The monoisotopic (exact) mass is 480 g/mol. The molecule has 0 fully saturated rings. The van der Waals surface area contributed by atoms with Crippen LogP contribution >= 0.6 is 11.3 Å². The smallest absolute Gasteiger partial charge is 0.338 e. The molecule has 1 aliphatic rings. The topological polar surface area (TPSA) is 87.0 Å². The molecular formula is C25H21FN2O5S. The molecule has 9 heteroatoms. The van der Waals surface area contributed by atoms with Gasteiger partial charge < -0.3 is 9.47 Å². The Balaban J connectivity index is 1.92. The van der Waals surface area contributed by atoms with Crippen molar-refractivity contribution >= 4 is 29.4 Å². The summed E-state index contributed by atoms with van der Waals surface area (Å²) in [5.41, 5.74) is 1.12. The molecule has 0 amide bonds. The molecule has 0 saturated heterocycles. The minimum absolute atomic E-state index is 0.158. The Morgan fingerprint density at radius 1 is 1.18 bits per heavy atom. The van der Waals surface area contributed by atoms with E-state index in [1.165, 1.54) is 23.6 Å². The van der Waals surface area contributed by atoms with Gasteiger partial charge in [0.2, 0.25) is 0 Å². The molecule has 0 unspecified atom stereocenters. The number of rotatable bonds is 5. The molecule has 1 aromatic heterocycles. The number of benzene rings is 2. The summed E-state index contributed by atoms with van der Waals surface area (Å²) in [6, 6.07) is 11.9. The van der Waals surface area contributed by atoms with Crippen molar-refractivity contribution in [3.05, 3.63) is 96.4 Å². The fraction of sp³-hybridized carbons (Fsp3) is 0.200. The van der Waals surface area contributed by atoms with Crippen LogP contribution in [-0.4, -0.2) is 23.1 Å². The van der Waals surface area contributed by atoms with E-state index in [0.717, 1.165) is 11.3 Å². The highest BCUT2D eigenvalue weighted by Crippen LogP contribution is 2.31. The Kier molecular flexibility index (Phi) is 6.56. The van der Waals surface area contributed by atoms with Crippen molar-refractivity contribution in [2.24, 2.45) is 4.99 Å². The standard InChI is InChI=1S/C25H21FN2O5S/c1-4-32-24(31)21-14(2)27-25-28(22(21)16-9-11-18(12-10-16)33-15(3)29)23(30)20(34-25)13-17-7-5-6-8-19(17)26/h5-13,22H,4H2,1-3H3/b20-13+/t22-/m0/s1. The third-order valence-corrected chi connectivity index (χ3v) is 6.15. The molecule has 2 heterocycles. The summed E-state index contributed by atoms with van der Waals surface area (Å²) in [5, 5.41) is 0. The molecule has 0 bridgehead atoms. The van der Waals surface area contributed by atoms with Gasteiger partial charge in [-0.05, 0) is 43.7 Å². The minimum atomic E-state index is -0.815. The van der Waals surface area contributed by atoms with E-state index in [9.17, 15) is 18.8 Å². The van der Waals surface area contributed by atoms with Gasteiger partial charge in [0.15, 0.2) is 4.80 Å². The Hall–Kier alpha value is -3.85. The van der Waals surface area contributed by atoms with Crippen molar-refractivity contribution in [2.45, 2.75) is 26.8 Å². The predicted molar refractivity (Wildman–Crippen MR) is 125 cm³/mol. The Bertz CT molecular complexity index is 1480. The average Bonchev–Trinajstić information content (AvgIpc) is 3.09. The van der Waals surface area contributed by atoms with Gasteiger partial charge in [-0.2, -0.15) is 0 Å². The first-order valence-corrected chi connectivity index (χ1v) is 11.3. The predicted octanol–water partition coefficient (Wildman–Crippen LogP) is 2.86. The van der Waals surface area contributed by atoms with Crippen LogP contribution in [0.25, 0.3) is 6.08 Å². The number of carbonyl (C=O) groups is 2. The van der Waals surface area contributed by atoms with E-state index in [4.69, 9.17) is 9.47 Å². The van der Waals surface area contributed by atoms with Crippen molar-refractivity contribution in [3.63, 3.8) is 0 Å². The average molecular weight is 481 g/mol. The number of ether oxygens (including phenoxy) is 2. The van der Waals surface area contributed by atoms with Crippen LogP contribution in [0.3, 0.4) is 0 Å². The molecule has 1 aliphatic heterocycles. The van der Waals surface area contributed by atoms with E-state index in [1.54, 1.807) is 56.3 Å². The summed E-state index contributed by atoms with van der Waals surface area (Å²) in [7, 11) is 0. The molecule has 7 nitrogen and oxygen atoms in total. The van der Waals surface area contributed by atoms with E-state index in [2.05, 4.69) is 4.99 Å². The number of halogens is 1. The number of carbonyl (C=O) groups excluding carboxylic acids is 2. The largest absolute Gasteiger partial charge is 0.463 e. The molecule has 34 heavy (non-hydrogen) atoms. The fourth-order valence-electron chi connectivity index (χ4n) is 3.72. The number of aromatic nitrogens is 1. The number of hydrogen-bond acceptors (Lipinski definition) is 7. The summed E-state index contributed by atoms with van der Waals surface area (Å²) >= 11 is 1.11. The fourth-order valence-corrected chi connectivity index (χ4v) is 4.76. The first-order valence-electron chi connectivity index (χ1n) is 10.5. The van der Waals surface area contributed by atoms with E-state index < -0.39 is 29.4 Å². The molecular weight excluding hydrogens is 459 g/mol. The summed E-state index contributed by atoms with van der Waals surface area (Å²) in [6.07, 6.45) is 1.48. The number of thiazole rings is 1. The lowest BCUT2D eigenvalue weighted by Gasteiger charge is -2.24. The zero-order valence-electron chi connectivity index (χ0n) is 18.7. The van der Waals surface area contributed by atoms with Gasteiger partial charge in [-0.15, -0.1) is 0 Å². The van der Waals surface area contributed by atoms with Gasteiger partial charge in [0.05, 0.1) is 28.5 Å². The van der Waals surface area contributed by atoms with Gasteiger partial charge >= 0.3 is 11.9 Å². The maximum Gasteiger partial charge on any atom is 0.338 e. The van der Waals surface area contributed by atoms with Crippen LogP contribution < -0.4 is 19.6 Å². The Morgan fingerprint density at radius 2 is 1.88 bits per heavy atom. The van der Waals surface area contributed by atoms with E-state index in [0.29, 0.717) is 21.8 Å². The number of esters is 2. The highest BCUT2D eigenvalue weighted by Gasteiger charge is 2.33. The highest BCUT2D eigenvalue weighted by molar-refractivity contribution is 7.07. The SMILES string of the molecule is CCOC(=O)C1=C(C)N=c2s/c(=C/c3ccccc3F)c(=O)n2[C@H]1c1ccc(OC(C)=O)cc1. The number of allylic oxidation sites excluding steroid dienone is 1. The van der Waals surface area contributed by atoms with E-state index in [-0.39, 0.29) is 22.3 Å². The molecule has 2 aromatic carbocycles. The zero-order valence-corrected chi connectivity index (χ0v) is 19.5. The molecule has 3 aromatic rings. The summed E-state index contributed by atoms with van der Waals surface area (Å²) < 4.78 is 26.3. The number of nitrogens with zero attached hydrogens (tertiary/aromatic N) is 2. The second kappa shape index (κ2) is 9.56. The van der Waals surface area contributed by atoms with Gasteiger partial charge in [0.25, 0.3) is 5.56 Å². The third-order valence-electron chi connectivity index (χ3n) is 5.17. The maximum atomic E-state index is 14.2. The van der Waals surface area contributed by atoms with Crippen LogP contribution in [0.4, 0.5) is 4.39 Å². The normalized spacial score (nSPS) is 15.5. The molecule has 0 saturated carbocycles. The van der Waals surface area contributed by atoms with Crippen molar-refractivity contribution in [2.75, 3.05) is 6.61 Å². The van der Waals surface area contributed by atoms with Gasteiger partial charge in [-0.1, -0.05) is 41.7 Å². The van der Waals surface area contributed by atoms with Crippen LogP contribution in [0, 0.1) is 5.82 Å². The zero-order chi connectivity index (χ0) is 24.4. The molecule has 174 valence electrons. The van der Waals surface area contributed by atoms with Crippen molar-refractivity contribution in [3.8, 4) is 5.75 Å². The van der Waals surface area contributed by atoms with Gasteiger partial charge in [-0.3, -0.25) is 14.2 Å². The number of hydrogen-bond donors (Lipinski definition) is 0. The first kappa shape index (κ1) is 23.3. The van der Waals surface area contributed by atoms with Crippen molar-refractivity contribution < 1.29 is 23.5 Å². The second-order valence-electron chi connectivity index (χ2n) is 7.49. The maximum absolute atomic E-state index is 14.2. The van der Waals surface area contributed by atoms with Gasteiger partial charge in [0, 0.05) is 12.5 Å². The summed E-state index contributed by atoms with van der Waals surface area (Å²) in [4.78, 5) is 42.5. The summed E-state index contributed by atoms with van der Waals surface area (Å²) in [5.74, 6) is -1.16. The molecule has 0 aliphatic carbocycles. The number of fused-ring (bicyclic) bond motifs is 1.